The van der Waals surface area contributed by atoms with Gasteiger partial charge in [-0.25, -0.2) is 4.98 Å². The maximum atomic E-state index is 11.9. The average molecular weight is 236 g/mol. The minimum absolute atomic E-state index is 0.0513. The van der Waals surface area contributed by atoms with E-state index in [4.69, 9.17) is 0 Å². The van der Waals surface area contributed by atoms with E-state index in [9.17, 15) is 4.79 Å². The third-order valence-electron chi connectivity index (χ3n) is 3.46. The van der Waals surface area contributed by atoms with E-state index >= 15 is 0 Å². The van der Waals surface area contributed by atoms with Crippen molar-refractivity contribution in [3.05, 3.63) is 18.2 Å². The van der Waals surface area contributed by atoms with Crippen LogP contribution in [-0.4, -0.2) is 34.6 Å². The minimum atomic E-state index is -0.0513. The molecule has 1 aromatic rings. The Morgan fingerprint density at radius 2 is 2.53 bits per heavy atom. The highest BCUT2D eigenvalue weighted by Gasteiger charge is 2.21. The molecule has 1 aromatic heterocycles. The molecule has 0 radical (unpaired) electrons. The molecule has 17 heavy (non-hydrogen) atoms. The van der Waals surface area contributed by atoms with Crippen molar-refractivity contribution in [2.75, 3.05) is 13.1 Å². The lowest BCUT2D eigenvalue weighted by Gasteiger charge is -2.30. The van der Waals surface area contributed by atoms with E-state index in [1.807, 2.05) is 7.05 Å². The number of aryl methyl sites for hydroxylation is 1. The van der Waals surface area contributed by atoms with Crippen molar-refractivity contribution in [1.82, 2.24) is 20.2 Å². The number of piperidine rings is 1. The molecule has 5 heteroatoms. The van der Waals surface area contributed by atoms with Crippen molar-refractivity contribution < 1.29 is 4.79 Å². The van der Waals surface area contributed by atoms with E-state index < -0.39 is 0 Å². The highest BCUT2D eigenvalue weighted by molar-refractivity contribution is 5.92. The Balaban J connectivity index is 1.86. The topological polar surface area (TPSA) is 58.9 Å². The van der Waals surface area contributed by atoms with Crippen LogP contribution in [0.15, 0.2) is 12.5 Å². The standard InChI is InChI=1S/C12H20N4O/c1-9-4-3-5-14-10(9)6-15-12(17)11-7-13-8-16(11)2/h7-10,14H,3-6H2,1-2H3,(H,15,17). The fourth-order valence-corrected chi connectivity index (χ4v) is 2.26. The molecule has 2 heterocycles. The summed E-state index contributed by atoms with van der Waals surface area (Å²) in [6.07, 6.45) is 5.69. The molecule has 2 unspecified atom stereocenters. The molecule has 1 amide bonds. The van der Waals surface area contributed by atoms with E-state index in [-0.39, 0.29) is 5.91 Å². The largest absolute Gasteiger partial charge is 0.349 e. The second-order valence-electron chi connectivity index (χ2n) is 4.78. The van der Waals surface area contributed by atoms with Crippen LogP contribution in [0.1, 0.15) is 30.3 Å². The molecule has 0 aliphatic carbocycles. The summed E-state index contributed by atoms with van der Waals surface area (Å²) in [6.45, 7) is 3.97. The highest BCUT2D eigenvalue weighted by atomic mass is 16.1. The van der Waals surface area contributed by atoms with Gasteiger partial charge in [0.25, 0.3) is 5.91 Å². The third kappa shape index (κ3) is 2.85. The molecule has 5 nitrogen and oxygen atoms in total. The number of imidazole rings is 1. The van der Waals surface area contributed by atoms with Gasteiger partial charge in [0.2, 0.25) is 0 Å². The Kier molecular flexibility index (Phi) is 3.78. The van der Waals surface area contributed by atoms with E-state index in [0.717, 1.165) is 6.54 Å². The number of aromatic nitrogens is 2. The van der Waals surface area contributed by atoms with E-state index in [0.29, 0.717) is 24.2 Å². The van der Waals surface area contributed by atoms with Crippen LogP contribution >= 0.6 is 0 Å². The van der Waals surface area contributed by atoms with Gasteiger partial charge in [0.15, 0.2) is 0 Å². The zero-order chi connectivity index (χ0) is 12.3. The van der Waals surface area contributed by atoms with Gasteiger partial charge in [0.1, 0.15) is 5.69 Å². The van der Waals surface area contributed by atoms with Gasteiger partial charge in [-0.05, 0) is 25.3 Å². The monoisotopic (exact) mass is 236 g/mol. The maximum Gasteiger partial charge on any atom is 0.269 e. The second kappa shape index (κ2) is 5.31. The quantitative estimate of drug-likeness (QED) is 0.805. The fraction of sp³-hybridized carbons (Fsp3) is 0.667. The fourth-order valence-electron chi connectivity index (χ4n) is 2.26. The van der Waals surface area contributed by atoms with E-state index in [1.165, 1.54) is 12.8 Å². The van der Waals surface area contributed by atoms with Crippen molar-refractivity contribution in [2.45, 2.75) is 25.8 Å². The van der Waals surface area contributed by atoms with Gasteiger partial charge >= 0.3 is 0 Å². The van der Waals surface area contributed by atoms with Gasteiger partial charge in [0.05, 0.1) is 12.5 Å². The normalized spacial score (nSPS) is 24.6. The van der Waals surface area contributed by atoms with Crippen LogP contribution in [0, 0.1) is 5.92 Å². The summed E-state index contributed by atoms with van der Waals surface area (Å²) >= 11 is 0. The Labute approximate surface area is 102 Å². The molecule has 0 saturated carbocycles. The Morgan fingerprint density at radius 1 is 1.71 bits per heavy atom. The summed E-state index contributed by atoms with van der Waals surface area (Å²) < 4.78 is 1.73. The Morgan fingerprint density at radius 3 is 3.18 bits per heavy atom. The van der Waals surface area contributed by atoms with Crippen molar-refractivity contribution in [2.24, 2.45) is 13.0 Å². The number of carbonyl (C=O) groups is 1. The summed E-state index contributed by atoms with van der Waals surface area (Å²) in [6, 6.07) is 0.390. The van der Waals surface area contributed by atoms with Crippen LogP contribution in [0.5, 0.6) is 0 Å². The van der Waals surface area contributed by atoms with Crippen molar-refractivity contribution >= 4 is 5.91 Å². The molecular weight excluding hydrogens is 216 g/mol. The molecule has 1 fully saturated rings. The smallest absolute Gasteiger partial charge is 0.269 e. The summed E-state index contributed by atoms with van der Waals surface area (Å²) in [5, 5.41) is 6.41. The third-order valence-corrected chi connectivity index (χ3v) is 3.46. The molecule has 0 spiro atoms. The van der Waals surface area contributed by atoms with Gasteiger partial charge in [-0.1, -0.05) is 6.92 Å². The molecular formula is C12H20N4O. The number of nitrogens with one attached hydrogen (secondary N) is 2. The Hall–Kier alpha value is -1.36. The second-order valence-corrected chi connectivity index (χ2v) is 4.78. The first-order valence-electron chi connectivity index (χ1n) is 6.16. The van der Waals surface area contributed by atoms with Crippen LogP contribution in [0.4, 0.5) is 0 Å². The summed E-state index contributed by atoms with van der Waals surface area (Å²) in [7, 11) is 1.82. The SMILES string of the molecule is CC1CCCNC1CNC(=O)c1cncn1C. The first-order valence-corrected chi connectivity index (χ1v) is 6.16. The molecule has 2 atom stereocenters. The first kappa shape index (κ1) is 12.1. The van der Waals surface area contributed by atoms with Gasteiger partial charge < -0.3 is 15.2 Å². The number of rotatable bonds is 3. The minimum Gasteiger partial charge on any atom is -0.349 e. The molecule has 2 N–H and O–H groups in total. The predicted molar refractivity (Wildman–Crippen MR) is 65.7 cm³/mol. The Bertz CT molecular complexity index is 388. The van der Waals surface area contributed by atoms with Crippen molar-refractivity contribution in [3.8, 4) is 0 Å². The van der Waals surface area contributed by atoms with E-state index in [1.54, 1.807) is 17.1 Å². The number of hydrogen-bond donors (Lipinski definition) is 2. The molecule has 1 aliphatic rings. The molecule has 0 bridgehead atoms. The van der Waals surface area contributed by atoms with Crippen LogP contribution in [0.2, 0.25) is 0 Å². The van der Waals surface area contributed by atoms with Gasteiger partial charge in [-0.15, -0.1) is 0 Å². The van der Waals surface area contributed by atoms with Gasteiger partial charge in [-0.3, -0.25) is 4.79 Å². The molecule has 2 rings (SSSR count). The zero-order valence-electron chi connectivity index (χ0n) is 10.4. The summed E-state index contributed by atoms with van der Waals surface area (Å²) in [5.41, 5.74) is 0.605. The van der Waals surface area contributed by atoms with Crippen LogP contribution in [0.25, 0.3) is 0 Å². The highest BCUT2D eigenvalue weighted by Crippen LogP contribution is 2.14. The number of nitrogens with zero attached hydrogens (tertiary/aromatic N) is 2. The number of hydrogen-bond acceptors (Lipinski definition) is 3. The average Bonchev–Trinajstić information content (AvgIpc) is 2.74. The summed E-state index contributed by atoms with van der Waals surface area (Å²) in [4.78, 5) is 15.8. The van der Waals surface area contributed by atoms with E-state index in [2.05, 4.69) is 22.5 Å². The lowest BCUT2D eigenvalue weighted by atomic mass is 9.93. The molecule has 1 saturated heterocycles. The van der Waals surface area contributed by atoms with Crippen LogP contribution in [0.3, 0.4) is 0 Å². The lowest BCUT2D eigenvalue weighted by Crippen LogP contribution is -2.48. The molecule has 1 aliphatic heterocycles. The van der Waals surface area contributed by atoms with Crippen molar-refractivity contribution in [3.63, 3.8) is 0 Å². The van der Waals surface area contributed by atoms with Gasteiger partial charge in [-0.2, -0.15) is 0 Å². The number of carbonyl (C=O) groups excluding carboxylic acids is 1. The summed E-state index contributed by atoms with van der Waals surface area (Å²) in [5.74, 6) is 0.570. The number of amides is 1. The van der Waals surface area contributed by atoms with Gasteiger partial charge in [0, 0.05) is 19.6 Å². The zero-order valence-corrected chi connectivity index (χ0v) is 10.4. The lowest BCUT2D eigenvalue weighted by molar-refractivity contribution is 0.0935. The van der Waals surface area contributed by atoms with Crippen LogP contribution in [-0.2, 0) is 7.05 Å². The maximum absolute atomic E-state index is 11.9. The molecule has 0 aromatic carbocycles. The molecule has 94 valence electrons. The first-order chi connectivity index (χ1) is 8.18. The van der Waals surface area contributed by atoms with Crippen molar-refractivity contribution in [1.29, 1.82) is 0 Å². The van der Waals surface area contributed by atoms with Crippen LogP contribution < -0.4 is 10.6 Å². The predicted octanol–water partition coefficient (Wildman–Crippen LogP) is 0.538.